The van der Waals surface area contributed by atoms with Crippen molar-refractivity contribution in [2.24, 2.45) is 0 Å². The molecule has 0 aliphatic heterocycles. The Kier molecular flexibility index (Phi) is 62.2. The number of unbranched alkanes of at least 4 members (excludes halogenated alkanes) is 46. The fourth-order valence-corrected chi connectivity index (χ4v) is 10.4. The van der Waals surface area contributed by atoms with Crippen LogP contribution in [-0.4, -0.2) is 34.9 Å². The Morgan fingerprint density at radius 3 is 0.917 bits per heavy atom. The van der Waals surface area contributed by atoms with E-state index in [2.05, 4.69) is 67.8 Å². The van der Waals surface area contributed by atoms with E-state index in [0.29, 0.717) is 12.8 Å². The zero-order valence-corrected chi connectivity index (χ0v) is 49.0. The van der Waals surface area contributed by atoms with Gasteiger partial charge in [0.15, 0.2) is 0 Å². The largest absolute Gasteiger partial charge is 0.394 e. The molecule has 0 aliphatic carbocycles. The molecule has 424 valence electrons. The fourth-order valence-electron chi connectivity index (χ4n) is 10.4. The molecule has 3 N–H and O–H groups in total. The maximum Gasteiger partial charge on any atom is 0.220 e. The van der Waals surface area contributed by atoms with Gasteiger partial charge in [0.05, 0.1) is 18.8 Å². The van der Waals surface area contributed by atoms with Gasteiger partial charge in [-0.1, -0.05) is 351 Å². The van der Waals surface area contributed by atoms with Crippen LogP contribution in [-0.2, 0) is 4.79 Å². The van der Waals surface area contributed by atoms with E-state index in [1.807, 2.05) is 0 Å². The van der Waals surface area contributed by atoms with Gasteiger partial charge in [-0.3, -0.25) is 4.79 Å². The minimum atomic E-state index is -0.660. The van der Waals surface area contributed by atoms with E-state index in [0.717, 1.165) is 51.4 Å². The monoisotopic (exact) mass is 1010 g/mol. The highest BCUT2D eigenvalue weighted by Crippen LogP contribution is 2.19. The Balaban J connectivity index is 3.40. The lowest BCUT2D eigenvalue weighted by Gasteiger charge is -2.22. The second-order valence-electron chi connectivity index (χ2n) is 22.5. The average molecular weight is 1010 g/mol. The van der Waals surface area contributed by atoms with Crippen molar-refractivity contribution >= 4 is 5.91 Å². The number of carbonyl (C=O) groups is 1. The second-order valence-corrected chi connectivity index (χ2v) is 22.5. The van der Waals surface area contributed by atoms with Gasteiger partial charge < -0.3 is 15.5 Å². The lowest BCUT2D eigenvalue weighted by Crippen LogP contribution is -2.45. The highest BCUT2D eigenvalue weighted by molar-refractivity contribution is 5.76. The van der Waals surface area contributed by atoms with E-state index in [1.54, 1.807) is 0 Å². The van der Waals surface area contributed by atoms with Crippen LogP contribution in [0.1, 0.15) is 361 Å². The van der Waals surface area contributed by atoms with E-state index in [1.165, 1.54) is 283 Å². The van der Waals surface area contributed by atoms with E-state index < -0.39 is 12.1 Å². The lowest BCUT2D eigenvalue weighted by atomic mass is 10.0. The summed E-state index contributed by atoms with van der Waals surface area (Å²) < 4.78 is 0. The highest BCUT2D eigenvalue weighted by atomic mass is 16.3. The van der Waals surface area contributed by atoms with Crippen LogP contribution in [0.3, 0.4) is 0 Å². The molecule has 0 radical (unpaired) electrons. The van der Waals surface area contributed by atoms with Crippen molar-refractivity contribution in [1.29, 1.82) is 0 Å². The molecule has 0 spiro atoms. The van der Waals surface area contributed by atoms with Gasteiger partial charge in [0, 0.05) is 6.42 Å². The molecule has 1 amide bonds. The van der Waals surface area contributed by atoms with E-state index >= 15 is 0 Å². The Morgan fingerprint density at radius 2 is 0.611 bits per heavy atom. The van der Waals surface area contributed by atoms with Crippen LogP contribution in [0, 0.1) is 0 Å². The maximum atomic E-state index is 12.5. The third-order valence-corrected chi connectivity index (χ3v) is 15.4. The first kappa shape index (κ1) is 70.3. The molecule has 0 saturated heterocycles. The van der Waals surface area contributed by atoms with Crippen LogP contribution in [0.25, 0.3) is 0 Å². The van der Waals surface area contributed by atoms with Gasteiger partial charge in [0.1, 0.15) is 0 Å². The van der Waals surface area contributed by atoms with Gasteiger partial charge in [0.25, 0.3) is 0 Å². The van der Waals surface area contributed by atoms with Gasteiger partial charge in [-0.2, -0.15) is 0 Å². The van der Waals surface area contributed by atoms with Crippen LogP contribution in [0.4, 0.5) is 0 Å². The molecular weight excluding hydrogens is 879 g/mol. The first-order chi connectivity index (χ1) is 35.7. The summed E-state index contributed by atoms with van der Waals surface area (Å²) >= 11 is 0. The topological polar surface area (TPSA) is 69.6 Å². The molecule has 0 fully saturated rings. The first-order valence-corrected chi connectivity index (χ1v) is 32.8. The summed E-state index contributed by atoms with van der Waals surface area (Å²) in [5.74, 6) is -0.0238. The molecule has 0 bridgehead atoms. The second kappa shape index (κ2) is 63.6. The standard InChI is InChI=1S/C68H129NO3/c1-3-5-7-9-11-13-15-17-19-21-23-25-27-29-30-31-32-33-34-35-36-37-38-40-42-44-46-48-50-52-54-56-58-60-62-64-68(72)69-66(65-70)67(71)63-61-59-57-55-53-51-49-47-45-43-41-39-28-26-24-22-20-18-16-14-12-10-8-6-4-2/h5,7,11,13,17,19,23,25,66-67,70-71H,3-4,6,8-10,12,14-16,18,20-22,24,26-65H2,1-2H3,(H,69,72)/b7-5-,13-11-,19-17-,25-23-. The Bertz CT molecular complexity index is 1140. The molecule has 4 heteroatoms. The molecule has 0 saturated carbocycles. The van der Waals surface area contributed by atoms with Crippen LogP contribution in [0.5, 0.6) is 0 Å². The normalized spacial score (nSPS) is 13.0. The van der Waals surface area contributed by atoms with Crippen molar-refractivity contribution in [2.75, 3.05) is 6.61 Å². The SMILES string of the molecule is CC/C=C\C/C=C\C/C=C\C/C=C\CCCCCCCCCCCCCCCCCCCCCCCCC(=O)NC(CO)C(O)CCCCCCCCCCCCCCCCCCCCCCCCCCC. The number of carbonyl (C=O) groups excluding carboxylic acids is 1. The number of aliphatic hydroxyl groups is 2. The zero-order valence-electron chi connectivity index (χ0n) is 49.0. The van der Waals surface area contributed by atoms with Crippen molar-refractivity contribution in [3.8, 4) is 0 Å². The molecule has 0 heterocycles. The number of rotatable bonds is 61. The molecule has 4 nitrogen and oxygen atoms in total. The number of aliphatic hydroxyl groups excluding tert-OH is 2. The van der Waals surface area contributed by atoms with Gasteiger partial charge in [-0.25, -0.2) is 0 Å². The van der Waals surface area contributed by atoms with E-state index in [4.69, 9.17) is 0 Å². The molecule has 0 aromatic carbocycles. The molecule has 0 aliphatic rings. The third-order valence-electron chi connectivity index (χ3n) is 15.4. The molecule has 0 aromatic rings. The van der Waals surface area contributed by atoms with Crippen molar-refractivity contribution < 1.29 is 15.0 Å². The molecule has 2 atom stereocenters. The Labute approximate surface area is 452 Å². The Hall–Kier alpha value is -1.65. The van der Waals surface area contributed by atoms with E-state index in [-0.39, 0.29) is 12.5 Å². The van der Waals surface area contributed by atoms with Crippen molar-refractivity contribution in [3.63, 3.8) is 0 Å². The predicted octanol–water partition coefficient (Wildman–Crippen LogP) is 22.2. The van der Waals surface area contributed by atoms with Gasteiger partial charge >= 0.3 is 0 Å². The quantitative estimate of drug-likeness (QED) is 0.0420. The van der Waals surface area contributed by atoms with Crippen molar-refractivity contribution in [3.05, 3.63) is 48.6 Å². The van der Waals surface area contributed by atoms with Crippen LogP contribution < -0.4 is 5.32 Å². The van der Waals surface area contributed by atoms with Crippen molar-refractivity contribution in [1.82, 2.24) is 5.32 Å². The van der Waals surface area contributed by atoms with E-state index in [9.17, 15) is 15.0 Å². The zero-order chi connectivity index (χ0) is 52.0. The summed E-state index contributed by atoms with van der Waals surface area (Å²) in [4.78, 5) is 12.5. The first-order valence-electron chi connectivity index (χ1n) is 32.8. The fraction of sp³-hybridized carbons (Fsp3) is 0.868. The highest BCUT2D eigenvalue weighted by Gasteiger charge is 2.20. The number of allylic oxidation sites excluding steroid dienone is 8. The molecule has 0 aromatic heterocycles. The smallest absolute Gasteiger partial charge is 0.220 e. The van der Waals surface area contributed by atoms with Crippen molar-refractivity contribution in [2.45, 2.75) is 373 Å². The van der Waals surface area contributed by atoms with Gasteiger partial charge in [-0.05, 0) is 51.4 Å². The summed E-state index contributed by atoms with van der Waals surface area (Å²) in [5, 5.41) is 23.4. The summed E-state index contributed by atoms with van der Waals surface area (Å²) in [6.07, 6.45) is 88.6. The minimum Gasteiger partial charge on any atom is -0.394 e. The predicted molar refractivity (Wildman–Crippen MR) is 322 cm³/mol. The molecule has 2 unspecified atom stereocenters. The number of nitrogens with one attached hydrogen (secondary N) is 1. The molecular formula is C68H129NO3. The van der Waals surface area contributed by atoms with Crippen LogP contribution in [0.15, 0.2) is 48.6 Å². The lowest BCUT2D eigenvalue weighted by molar-refractivity contribution is -0.123. The Morgan fingerprint density at radius 1 is 0.347 bits per heavy atom. The summed E-state index contributed by atoms with van der Waals surface area (Å²) in [6.45, 7) is 4.29. The number of amides is 1. The number of hydrogen-bond acceptors (Lipinski definition) is 3. The summed E-state index contributed by atoms with van der Waals surface area (Å²) in [7, 11) is 0. The summed E-state index contributed by atoms with van der Waals surface area (Å²) in [6, 6.07) is -0.536. The maximum absolute atomic E-state index is 12.5. The summed E-state index contributed by atoms with van der Waals surface area (Å²) in [5.41, 5.74) is 0. The van der Waals surface area contributed by atoms with Crippen LogP contribution in [0.2, 0.25) is 0 Å². The third kappa shape index (κ3) is 59.2. The van der Waals surface area contributed by atoms with Crippen LogP contribution >= 0.6 is 0 Å². The van der Waals surface area contributed by atoms with Gasteiger partial charge in [0.2, 0.25) is 5.91 Å². The van der Waals surface area contributed by atoms with Gasteiger partial charge in [-0.15, -0.1) is 0 Å². The average Bonchev–Trinajstić information content (AvgIpc) is 3.39. The molecule has 72 heavy (non-hydrogen) atoms. The molecule has 0 rings (SSSR count). The number of hydrogen-bond donors (Lipinski definition) is 3. The minimum absolute atomic E-state index is 0.0238.